The molecule has 0 spiro atoms. The molecule has 0 aliphatic carbocycles. The number of nitrogens with one attached hydrogen (secondary N) is 2. The standard InChI is InChI=1S/C13H13N5.BrH/c1-8(14)16-9-4-5-10-12(7-9)18-13(17-10)11-3-2-6-15-11;/h2-7,15H,1H3,(H2,14,16)(H,17,18);1H. The third-order valence-corrected chi connectivity index (χ3v) is 2.62. The molecule has 0 saturated carbocycles. The maximum Gasteiger partial charge on any atom is 0.154 e. The van der Waals surface area contributed by atoms with Gasteiger partial charge in [-0.3, -0.25) is 0 Å². The number of imidazole rings is 1. The highest BCUT2D eigenvalue weighted by molar-refractivity contribution is 8.93. The van der Waals surface area contributed by atoms with E-state index >= 15 is 0 Å². The highest BCUT2D eigenvalue weighted by Crippen LogP contribution is 2.23. The Balaban J connectivity index is 0.00000133. The van der Waals surface area contributed by atoms with Gasteiger partial charge in [-0.25, -0.2) is 9.98 Å². The van der Waals surface area contributed by atoms with Crippen LogP contribution in [0, 0.1) is 0 Å². The highest BCUT2D eigenvalue weighted by atomic mass is 79.9. The van der Waals surface area contributed by atoms with Crippen molar-refractivity contribution in [2.75, 3.05) is 0 Å². The molecule has 1 aromatic carbocycles. The Morgan fingerprint density at radius 3 is 2.84 bits per heavy atom. The van der Waals surface area contributed by atoms with Gasteiger partial charge in [-0.15, -0.1) is 17.0 Å². The van der Waals surface area contributed by atoms with Crippen LogP contribution in [-0.4, -0.2) is 20.8 Å². The largest absolute Gasteiger partial charge is 0.387 e. The van der Waals surface area contributed by atoms with Gasteiger partial charge in [-0.05, 0) is 37.3 Å². The van der Waals surface area contributed by atoms with E-state index in [1.54, 1.807) is 6.92 Å². The number of aliphatic imine (C=N–C) groups is 1. The summed E-state index contributed by atoms with van der Waals surface area (Å²) < 4.78 is 0. The summed E-state index contributed by atoms with van der Waals surface area (Å²) in [5, 5.41) is 0. The lowest BCUT2D eigenvalue weighted by atomic mass is 10.3. The molecule has 6 heteroatoms. The quantitative estimate of drug-likeness (QED) is 0.501. The second-order valence-electron chi connectivity index (χ2n) is 4.12. The van der Waals surface area contributed by atoms with E-state index in [1.807, 2.05) is 36.5 Å². The van der Waals surface area contributed by atoms with Crippen LogP contribution in [0.5, 0.6) is 0 Å². The number of rotatable bonds is 2. The molecule has 2 aromatic heterocycles. The van der Waals surface area contributed by atoms with Crippen LogP contribution in [0.4, 0.5) is 5.69 Å². The molecule has 98 valence electrons. The van der Waals surface area contributed by atoms with Crippen LogP contribution in [0.2, 0.25) is 0 Å². The fourth-order valence-electron chi connectivity index (χ4n) is 1.88. The first-order valence-corrected chi connectivity index (χ1v) is 5.67. The fourth-order valence-corrected chi connectivity index (χ4v) is 1.88. The number of benzene rings is 1. The van der Waals surface area contributed by atoms with Crippen LogP contribution < -0.4 is 5.73 Å². The van der Waals surface area contributed by atoms with Crippen molar-refractivity contribution in [3.63, 3.8) is 0 Å². The molecule has 0 radical (unpaired) electrons. The minimum absolute atomic E-state index is 0. The summed E-state index contributed by atoms with van der Waals surface area (Å²) >= 11 is 0. The van der Waals surface area contributed by atoms with Crippen LogP contribution in [-0.2, 0) is 0 Å². The Bertz CT molecular complexity index is 708. The number of aromatic nitrogens is 3. The molecule has 4 N–H and O–H groups in total. The van der Waals surface area contributed by atoms with E-state index in [0.29, 0.717) is 5.84 Å². The third-order valence-electron chi connectivity index (χ3n) is 2.62. The van der Waals surface area contributed by atoms with Gasteiger partial charge in [0.15, 0.2) is 5.82 Å². The lowest BCUT2D eigenvalue weighted by Crippen LogP contribution is -2.03. The molecule has 2 heterocycles. The van der Waals surface area contributed by atoms with Gasteiger partial charge in [0.2, 0.25) is 0 Å². The molecular formula is C13H14BrN5. The Morgan fingerprint density at radius 2 is 2.16 bits per heavy atom. The predicted molar refractivity (Wildman–Crippen MR) is 83.2 cm³/mol. The first kappa shape index (κ1) is 13.4. The molecule has 0 unspecified atom stereocenters. The molecule has 0 atom stereocenters. The van der Waals surface area contributed by atoms with Crippen molar-refractivity contribution in [1.29, 1.82) is 0 Å². The fraction of sp³-hybridized carbons (Fsp3) is 0.0769. The Morgan fingerprint density at radius 1 is 1.32 bits per heavy atom. The van der Waals surface area contributed by atoms with E-state index < -0.39 is 0 Å². The monoisotopic (exact) mass is 319 g/mol. The molecule has 0 saturated heterocycles. The second kappa shape index (κ2) is 5.27. The van der Waals surface area contributed by atoms with Crippen LogP contribution in [0.1, 0.15) is 6.92 Å². The summed E-state index contributed by atoms with van der Waals surface area (Å²) in [6.07, 6.45) is 1.87. The third kappa shape index (κ3) is 2.68. The average Bonchev–Trinajstić information content (AvgIpc) is 2.95. The summed E-state index contributed by atoms with van der Waals surface area (Å²) in [7, 11) is 0. The zero-order valence-electron chi connectivity index (χ0n) is 10.3. The molecule has 0 bridgehead atoms. The van der Waals surface area contributed by atoms with E-state index in [4.69, 9.17) is 5.73 Å². The van der Waals surface area contributed by atoms with Gasteiger partial charge in [-0.2, -0.15) is 0 Å². The van der Waals surface area contributed by atoms with Crippen LogP contribution >= 0.6 is 17.0 Å². The number of nitrogens with two attached hydrogens (primary N) is 1. The maximum absolute atomic E-state index is 5.57. The molecule has 0 amide bonds. The minimum Gasteiger partial charge on any atom is -0.387 e. The number of H-pyrrole nitrogens is 2. The first-order chi connectivity index (χ1) is 8.72. The van der Waals surface area contributed by atoms with E-state index in [9.17, 15) is 0 Å². The van der Waals surface area contributed by atoms with E-state index in [0.717, 1.165) is 28.2 Å². The number of nitrogens with zero attached hydrogens (tertiary/aromatic N) is 2. The lowest BCUT2D eigenvalue weighted by molar-refractivity contribution is 1.27. The molecular weight excluding hydrogens is 306 g/mol. The number of fused-ring (bicyclic) bond motifs is 1. The molecule has 5 nitrogen and oxygen atoms in total. The van der Waals surface area contributed by atoms with Gasteiger partial charge in [0.25, 0.3) is 0 Å². The maximum atomic E-state index is 5.57. The van der Waals surface area contributed by atoms with Gasteiger partial charge in [0.1, 0.15) is 0 Å². The van der Waals surface area contributed by atoms with Gasteiger partial charge >= 0.3 is 0 Å². The summed E-state index contributed by atoms with van der Waals surface area (Å²) in [6, 6.07) is 9.68. The molecule has 3 aromatic rings. The Labute approximate surface area is 120 Å². The number of amidine groups is 1. The molecule has 0 aliphatic rings. The topological polar surface area (TPSA) is 82.8 Å². The number of aromatic amines is 2. The van der Waals surface area contributed by atoms with E-state index in [1.165, 1.54) is 0 Å². The van der Waals surface area contributed by atoms with Gasteiger partial charge in [-0.1, -0.05) is 0 Å². The van der Waals surface area contributed by atoms with Crippen molar-refractivity contribution in [2.24, 2.45) is 10.7 Å². The van der Waals surface area contributed by atoms with Crippen molar-refractivity contribution in [3.05, 3.63) is 36.5 Å². The smallest absolute Gasteiger partial charge is 0.154 e. The minimum atomic E-state index is 0. The molecule has 0 aliphatic heterocycles. The van der Waals surface area contributed by atoms with Crippen molar-refractivity contribution in [1.82, 2.24) is 15.0 Å². The Kier molecular flexibility index (Phi) is 3.71. The summed E-state index contributed by atoms with van der Waals surface area (Å²) in [4.78, 5) is 15.1. The zero-order chi connectivity index (χ0) is 12.5. The number of hydrogen-bond donors (Lipinski definition) is 3. The summed E-state index contributed by atoms with van der Waals surface area (Å²) in [5.74, 6) is 1.36. The van der Waals surface area contributed by atoms with Crippen LogP contribution in [0.15, 0.2) is 41.5 Å². The van der Waals surface area contributed by atoms with Crippen molar-refractivity contribution < 1.29 is 0 Å². The SMILES string of the molecule is Br.CC(N)=Nc1ccc2nc(-c3ccc[nH]3)[nH]c2c1. The van der Waals surface area contributed by atoms with Crippen LogP contribution in [0.25, 0.3) is 22.6 Å². The van der Waals surface area contributed by atoms with Crippen molar-refractivity contribution in [3.8, 4) is 11.5 Å². The van der Waals surface area contributed by atoms with Gasteiger partial charge in [0.05, 0.1) is 28.3 Å². The van der Waals surface area contributed by atoms with E-state index in [-0.39, 0.29) is 17.0 Å². The summed E-state index contributed by atoms with van der Waals surface area (Å²) in [6.45, 7) is 1.77. The van der Waals surface area contributed by atoms with E-state index in [2.05, 4.69) is 19.9 Å². The zero-order valence-corrected chi connectivity index (χ0v) is 12.1. The second-order valence-corrected chi connectivity index (χ2v) is 4.12. The molecule has 3 rings (SSSR count). The number of halogens is 1. The van der Waals surface area contributed by atoms with Crippen LogP contribution in [0.3, 0.4) is 0 Å². The molecule has 19 heavy (non-hydrogen) atoms. The summed E-state index contributed by atoms with van der Waals surface area (Å²) in [5.41, 5.74) is 9.21. The van der Waals surface area contributed by atoms with Crippen molar-refractivity contribution >= 4 is 39.5 Å². The normalized spacial score (nSPS) is 11.5. The first-order valence-electron chi connectivity index (χ1n) is 5.67. The van der Waals surface area contributed by atoms with Crippen molar-refractivity contribution in [2.45, 2.75) is 6.92 Å². The lowest BCUT2D eigenvalue weighted by Gasteiger charge is -1.94. The van der Waals surface area contributed by atoms with Gasteiger partial charge in [0, 0.05) is 6.20 Å². The molecule has 0 fully saturated rings. The predicted octanol–water partition coefficient (Wildman–Crippen LogP) is 3.14. The average molecular weight is 320 g/mol. The Hall–Kier alpha value is -2.08. The highest BCUT2D eigenvalue weighted by Gasteiger charge is 2.05. The number of hydrogen-bond acceptors (Lipinski definition) is 2. The van der Waals surface area contributed by atoms with Gasteiger partial charge < -0.3 is 15.7 Å².